The minimum Gasteiger partial charge on any atom is -0.496 e. The van der Waals surface area contributed by atoms with E-state index in [9.17, 15) is 0 Å². The van der Waals surface area contributed by atoms with Crippen molar-refractivity contribution in [3.8, 4) is 5.75 Å². The van der Waals surface area contributed by atoms with Gasteiger partial charge in [-0.1, -0.05) is 18.2 Å². The van der Waals surface area contributed by atoms with Crippen LogP contribution in [0.3, 0.4) is 0 Å². The maximum atomic E-state index is 5.38. The van der Waals surface area contributed by atoms with Crippen LogP contribution in [-0.4, -0.2) is 23.3 Å². The molecule has 1 aromatic carbocycles. The minimum absolute atomic E-state index is 0.311. The third kappa shape index (κ3) is 3.08. The van der Waals surface area contributed by atoms with Crippen molar-refractivity contribution in [1.82, 2.24) is 10.2 Å². The number of nitrogens with zero attached hydrogens (tertiary/aromatic N) is 1. The van der Waals surface area contributed by atoms with Crippen molar-refractivity contribution < 1.29 is 4.74 Å². The topological polar surface area (TPSA) is 49.9 Å². The number of H-pyrrole nitrogens is 1. The van der Waals surface area contributed by atoms with Crippen molar-refractivity contribution >= 4 is 5.69 Å². The average Bonchev–Trinajstić information content (AvgIpc) is 2.71. The number of aryl methyl sites for hydroxylation is 2. The fourth-order valence-electron chi connectivity index (χ4n) is 2.26. The smallest absolute Gasteiger partial charge is 0.122 e. The van der Waals surface area contributed by atoms with Gasteiger partial charge in [0.2, 0.25) is 0 Å². The molecule has 0 radical (unpaired) electrons. The molecule has 2 N–H and O–H groups in total. The molecular formula is C15H21N3O. The SMILES string of the molecule is COc1ccccc1CC(C)Nc1c(C)n[nH]c1C. The van der Waals surface area contributed by atoms with Gasteiger partial charge >= 0.3 is 0 Å². The Hall–Kier alpha value is -1.97. The van der Waals surface area contributed by atoms with E-state index in [2.05, 4.69) is 28.5 Å². The lowest BCUT2D eigenvalue weighted by Gasteiger charge is -2.17. The van der Waals surface area contributed by atoms with Crippen LogP contribution in [0, 0.1) is 13.8 Å². The Kier molecular flexibility index (Phi) is 4.10. The van der Waals surface area contributed by atoms with E-state index in [1.807, 2.05) is 32.0 Å². The molecule has 2 rings (SSSR count). The number of para-hydroxylation sites is 1. The molecule has 0 saturated heterocycles. The van der Waals surface area contributed by atoms with Gasteiger partial charge in [0.25, 0.3) is 0 Å². The number of nitrogens with one attached hydrogen (secondary N) is 2. The van der Waals surface area contributed by atoms with Gasteiger partial charge in [-0.25, -0.2) is 0 Å². The van der Waals surface area contributed by atoms with Crippen molar-refractivity contribution in [3.05, 3.63) is 41.2 Å². The van der Waals surface area contributed by atoms with Crippen molar-refractivity contribution in [3.63, 3.8) is 0 Å². The fourth-order valence-corrected chi connectivity index (χ4v) is 2.26. The molecular weight excluding hydrogens is 238 g/mol. The normalized spacial score (nSPS) is 12.2. The van der Waals surface area contributed by atoms with Crippen molar-refractivity contribution in [2.45, 2.75) is 33.2 Å². The zero-order valence-corrected chi connectivity index (χ0v) is 11.9. The number of aromatic nitrogens is 2. The number of benzene rings is 1. The van der Waals surface area contributed by atoms with Crippen LogP contribution in [0.4, 0.5) is 5.69 Å². The first-order chi connectivity index (χ1) is 9.11. The third-order valence-electron chi connectivity index (χ3n) is 3.24. The summed E-state index contributed by atoms with van der Waals surface area (Å²) in [6.07, 6.45) is 0.911. The summed E-state index contributed by atoms with van der Waals surface area (Å²) in [6.45, 7) is 6.19. The summed E-state index contributed by atoms with van der Waals surface area (Å²) in [6, 6.07) is 8.44. The quantitative estimate of drug-likeness (QED) is 0.867. The molecule has 19 heavy (non-hydrogen) atoms. The highest BCUT2D eigenvalue weighted by Crippen LogP contribution is 2.22. The van der Waals surface area contributed by atoms with Gasteiger partial charge in [-0.2, -0.15) is 5.10 Å². The Balaban J connectivity index is 2.07. The molecule has 4 heteroatoms. The largest absolute Gasteiger partial charge is 0.496 e. The summed E-state index contributed by atoms with van der Waals surface area (Å²) in [5, 5.41) is 10.7. The van der Waals surface area contributed by atoms with Crippen LogP contribution in [0.1, 0.15) is 23.9 Å². The molecule has 0 aliphatic heterocycles. The van der Waals surface area contributed by atoms with Crippen molar-refractivity contribution in [2.75, 3.05) is 12.4 Å². The van der Waals surface area contributed by atoms with E-state index in [4.69, 9.17) is 4.74 Å². The summed E-state index contributed by atoms with van der Waals surface area (Å²) < 4.78 is 5.38. The van der Waals surface area contributed by atoms with Crippen LogP contribution in [0.25, 0.3) is 0 Å². The Morgan fingerprint density at radius 3 is 2.68 bits per heavy atom. The van der Waals surface area contributed by atoms with Gasteiger partial charge in [-0.05, 0) is 38.8 Å². The number of aromatic amines is 1. The number of hydrogen-bond donors (Lipinski definition) is 2. The van der Waals surface area contributed by atoms with Crippen LogP contribution in [-0.2, 0) is 6.42 Å². The molecule has 4 nitrogen and oxygen atoms in total. The second-order valence-electron chi connectivity index (χ2n) is 4.87. The Morgan fingerprint density at radius 2 is 2.05 bits per heavy atom. The molecule has 0 aliphatic carbocycles. The zero-order chi connectivity index (χ0) is 13.8. The molecule has 0 bridgehead atoms. The van der Waals surface area contributed by atoms with Crippen LogP contribution in [0.2, 0.25) is 0 Å². The van der Waals surface area contributed by atoms with E-state index in [0.717, 1.165) is 29.2 Å². The molecule has 0 spiro atoms. The molecule has 1 atom stereocenters. The van der Waals surface area contributed by atoms with Crippen LogP contribution < -0.4 is 10.1 Å². The lowest BCUT2D eigenvalue weighted by molar-refractivity contribution is 0.409. The molecule has 0 aliphatic rings. The molecule has 0 saturated carbocycles. The van der Waals surface area contributed by atoms with Gasteiger partial charge in [0.15, 0.2) is 0 Å². The van der Waals surface area contributed by atoms with Gasteiger partial charge in [-0.15, -0.1) is 0 Å². The van der Waals surface area contributed by atoms with E-state index in [1.165, 1.54) is 5.56 Å². The molecule has 2 aromatic rings. The molecule has 102 valence electrons. The monoisotopic (exact) mass is 259 g/mol. The van der Waals surface area contributed by atoms with Gasteiger partial charge in [0.05, 0.1) is 24.2 Å². The first kappa shape index (κ1) is 13.5. The number of rotatable bonds is 5. The Morgan fingerprint density at radius 1 is 1.32 bits per heavy atom. The third-order valence-corrected chi connectivity index (χ3v) is 3.24. The highest BCUT2D eigenvalue weighted by atomic mass is 16.5. The second-order valence-corrected chi connectivity index (χ2v) is 4.87. The van der Waals surface area contributed by atoms with E-state index < -0.39 is 0 Å². The highest BCUT2D eigenvalue weighted by Gasteiger charge is 2.12. The summed E-state index contributed by atoms with van der Waals surface area (Å²) in [4.78, 5) is 0. The number of ether oxygens (including phenoxy) is 1. The lowest BCUT2D eigenvalue weighted by Crippen LogP contribution is -2.19. The van der Waals surface area contributed by atoms with E-state index in [1.54, 1.807) is 7.11 Å². The summed E-state index contributed by atoms with van der Waals surface area (Å²) in [5.74, 6) is 0.941. The summed E-state index contributed by atoms with van der Waals surface area (Å²) >= 11 is 0. The second kappa shape index (κ2) is 5.78. The molecule has 0 amide bonds. The minimum atomic E-state index is 0.311. The number of methoxy groups -OCH3 is 1. The molecule has 1 unspecified atom stereocenters. The van der Waals surface area contributed by atoms with Crippen molar-refractivity contribution in [1.29, 1.82) is 0 Å². The van der Waals surface area contributed by atoms with Crippen LogP contribution in [0.15, 0.2) is 24.3 Å². The zero-order valence-electron chi connectivity index (χ0n) is 11.9. The number of anilines is 1. The van der Waals surface area contributed by atoms with Crippen LogP contribution in [0.5, 0.6) is 5.75 Å². The average molecular weight is 259 g/mol. The van der Waals surface area contributed by atoms with Gasteiger partial charge in [0.1, 0.15) is 5.75 Å². The van der Waals surface area contributed by atoms with Gasteiger partial charge < -0.3 is 10.1 Å². The predicted octanol–water partition coefficient (Wildman–Crippen LogP) is 3.08. The summed E-state index contributed by atoms with van der Waals surface area (Å²) in [7, 11) is 1.71. The van der Waals surface area contributed by atoms with Gasteiger partial charge in [-0.3, -0.25) is 5.10 Å². The predicted molar refractivity (Wildman–Crippen MR) is 77.8 cm³/mol. The van der Waals surface area contributed by atoms with E-state index in [-0.39, 0.29) is 0 Å². The summed E-state index contributed by atoms with van der Waals surface area (Å²) in [5.41, 5.74) is 4.39. The van der Waals surface area contributed by atoms with E-state index >= 15 is 0 Å². The maximum absolute atomic E-state index is 5.38. The van der Waals surface area contributed by atoms with Crippen molar-refractivity contribution in [2.24, 2.45) is 0 Å². The lowest BCUT2D eigenvalue weighted by atomic mass is 10.1. The molecule has 1 heterocycles. The Bertz CT molecular complexity index is 529. The first-order valence-corrected chi connectivity index (χ1v) is 6.51. The van der Waals surface area contributed by atoms with E-state index in [0.29, 0.717) is 6.04 Å². The van der Waals surface area contributed by atoms with Crippen LogP contribution >= 0.6 is 0 Å². The standard InChI is InChI=1S/C15H21N3O/c1-10(16-15-11(2)17-18-12(15)3)9-13-7-5-6-8-14(13)19-4/h5-8,10,16H,9H2,1-4H3,(H,17,18). The first-order valence-electron chi connectivity index (χ1n) is 6.51. The molecule has 1 aromatic heterocycles. The highest BCUT2D eigenvalue weighted by molar-refractivity contribution is 5.52. The number of hydrogen-bond acceptors (Lipinski definition) is 3. The van der Waals surface area contributed by atoms with Gasteiger partial charge in [0, 0.05) is 6.04 Å². The Labute approximate surface area is 114 Å². The molecule has 0 fully saturated rings. The fraction of sp³-hybridized carbons (Fsp3) is 0.400. The maximum Gasteiger partial charge on any atom is 0.122 e.